The summed E-state index contributed by atoms with van der Waals surface area (Å²) in [6.07, 6.45) is 5.59. The molecule has 1 fully saturated rings. The van der Waals surface area contributed by atoms with Crippen molar-refractivity contribution in [3.05, 3.63) is 29.8 Å². The Morgan fingerprint density at radius 3 is 2.90 bits per heavy atom. The number of halogens is 2. The lowest BCUT2D eigenvalue weighted by Gasteiger charge is -2.20. The summed E-state index contributed by atoms with van der Waals surface area (Å²) in [7, 11) is 0. The third-order valence-electron chi connectivity index (χ3n) is 4.20. The summed E-state index contributed by atoms with van der Waals surface area (Å²) in [5.74, 6) is 2.05. The zero-order chi connectivity index (χ0) is 14.1. The number of fused-ring (bicyclic) bond motifs is 1. The van der Waals surface area contributed by atoms with E-state index in [0.717, 1.165) is 23.7 Å². The molecular weight excluding hydrogens is 275 g/mol. The Bertz CT molecular complexity index is 604. The van der Waals surface area contributed by atoms with Crippen molar-refractivity contribution in [1.29, 1.82) is 0 Å². The minimum absolute atomic E-state index is 0.238. The lowest BCUT2D eigenvalue weighted by atomic mass is 10.1. The molecule has 1 atom stereocenters. The van der Waals surface area contributed by atoms with Crippen molar-refractivity contribution < 1.29 is 4.39 Å². The highest BCUT2D eigenvalue weighted by atomic mass is 35.5. The average Bonchev–Trinajstić information content (AvgIpc) is 3.18. The number of para-hydroxylation sites is 1. The Morgan fingerprint density at radius 2 is 2.25 bits per heavy atom. The quantitative estimate of drug-likeness (QED) is 0.706. The molecule has 1 aromatic heterocycles. The molecule has 0 amide bonds. The third-order valence-corrected chi connectivity index (χ3v) is 4.39. The third kappa shape index (κ3) is 2.56. The molecule has 108 valence electrons. The molecular formula is C16H20ClFN2. The van der Waals surface area contributed by atoms with Gasteiger partial charge in [0, 0.05) is 18.3 Å². The van der Waals surface area contributed by atoms with E-state index in [1.54, 1.807) is 6.07 Å². The molecule has 1 unspecified atom stereocenters. The molecule has 0 radical (unpaired) electrons. The van der Waals surface area contributed by atoms with Gasteiger partial charge in [-0.25, -0.2) is 9.37 Å². The van der Waals surface area contributed by atoms with Crippen molar-refractivity contribution in [3.8, 4) is 0 Å². The highest BCUT2D eigenvalue weighted by molar-refractivity contribution is 6.17. The van der Waals surface area contributed by atoms with E-state index in [2.05, 4.69) is 16.5 Å². The van der Waals surface area contributed by atoms with Crippen LogP contribution in [0.5, 0.6) is 0 Å². The second-order valence-corrected chi connectivity index (χ2v) is 6.06. The summed E-state index contributed by atoms with van der Waals surface area (Å²) in [4.78, 5) is 4.50. The number of rotatable bonds is 6. The van der Waals surface area contributed by atoms with E-state index in [1.165, 1.54) is 25.3 Å². The zero-order valence-electron chi connectivity index (χ0n) is 11.8. The van der Waals surface area contributed by atoms with Gasteiger partial charge in [0.1, 0.15) is 11.3 Å². The Balaban J connectivity index is 2.09. The number of hydrogen-bond acceptors (Lipinski definition) is 1. The van der Waals surface area contributed by atoms with E-state index in [0.29, 0.717) is 23.9 Å². The Labute approximate surface area is 123 Å². The van der Waals surface area contributed by atoms with Crippen molar-refractivity contribution >= 4 is 22.6 Å². The summed E-state index contributed by atoms with van der Waals surface area (Å²) >= 11 is 5.89. The minimum atomic E-state index is -0.238. The van der Waals surface area contributed by atoms with E-state index in [4.69, 9.17) is 11.6 Å². The lowest BCUT2D eigenvalue weighted by Crippen LogP contribution is -2.13. The number of aromatic nitrogens is 2. The molecule has 3 rings (SSSR count). The molecule has 0 spiro atoms. The van der Waals surface area contributed by atoms with Crippen molar-refractivity contribution in [1.82, 2.24) is 9.55 Å². The number of hydrogen-bond donors (Lipinski definition) is 0. The molecule has 0 aliphatic heterocycles. The predicted octanol–water partition coefficient (Wildman–Crippen LogP) is 4.71. The fourth-order valence-corrected chi connectivity index (χ4v) is 3.16. The molecule has 0 bridgehead atoms. The first-order chi connectivity index (χ1) is 9.74. The molecule has 4 heteroatoms. The maximum Gasteiger partial charge on any atom is 0.151 e. The molecule has 1 aromatic carbocycles. The van der Waals surface area contributed by atoms with Crippen LogP contribution in [0.25, 0.3) is 11.0 Å². The lowest BCUT2D eigenvalue weighted by molar-refractivity contribution is 0.427. The van der Waals surface area contributed by atoms with Gasteiger partial charge in [-0.3, -0.25) is 0 Å². The van der Waals surface area contributed by atoms with Gasteiger partial charge in [0.15, 0.2) is 5.82 Å². The smallest absolute Gasteiger partial charge is 0.151 e. The van der Waals surface area contributed by atoms with Crippen LogP contribution in [0.3, 0.4) is 0 Å². The van der Waals surface area contributed by atoms with Crippen LogP contribution in [0.15, 0.2) is 18.2 Å². The van der Waals surface area contributed by atoms with Crippen LogP contribution < -0.4 is 0 Å². The number of aryl methyl sites for hydroxylation is 1. The van der Waals surface area contributed by atoms with E-state index >= 15 is 0 Å². The van der Waals surface area contributed by atoms with Crippen LogP contribution in [0.1, 0.15) is 44.5 Å². The first-order valence-electron chi connectivity index (χ1n) is 7.45. The summed E-state index contributed by atoms with van der Waals surface area (Å²) in [6, 6.07) is 5.63. The van der Waals surface area contributed by atoms with Gasteiger partial charge in [-0.2, -0.15) is 0 Å². The number of nitrogens with zero attached hydrogens (tertiary/aromatic N) is 2. The SMILES string of the molecule is CCC(CC1CC1)n1c(CCCl)nc2c(F)cccc21. The van der Waals surface area contributed by atoms with Crippen molar-refractivity contribution in [2.24, 2.45) is 5.92 Å². The van der Waals surface area contributed by atoms with E-state index in [1.807, 2.05) is 6.07 Å². The number of alkyl halides is 1. The van der Waals surface area contributed by atoms with Crippen LogP contribution in [0.2, 0.25) is 0 Å². The Morgan fingerprint density at radius 1 is 1.45 bits per heavy atom. The number of benzene rings is 1. The van der Waals surface area contributed by atoms with Crippen LogP contribution in [-0.4, -0.2) is 15.4 Å². The fourth-order valence-electron chi connectivity index (χ4n) is 2.99. The molecule has 1 saturated carbocycles. The van der Waals surface area contributed by atoms with Gasteiger partial charge in [0.2, 0.25) is 0 Å². The number of imidazole rings is 1. The van der Waals surface area contributed by atoms with Gasteiger partial charge in [-0.05, 0) is 30.9 Å². The standard InChI is InChI=1S/C16H20ClFN2/c1-2-12(10-11-6-7-11)20-14-5-3-4-13(18)16(14)19-15(20)8-9-17/h3-5,11-12H,2,6-10H2,1H3. The fraction of sp³-hybridized carbons (Fsp3) is 0.562. The highest BCUT2D eigenvalue weighted by Gasteiger charge is 2.27. The van der Waals surface area contributed by atoms with Crippen LogP contribution in [-0.2, 0) is 6.42 Å². The molecule has 0 N–H and O–H groups in total. The van der Waals surface area contributed by atoms with Crippen LogP contribution >= 0.6 is 11.6 Å². The second-order valence-electron chi connectivity index (χ2n) is 5.69. The van der Waals surface area contributed by atoms with E-state index < -0.39 is 0 Å². The van der Waals surface area contributed by atoms with Gasteiger partial charge >= 0.3 is 0 Å². The average molecular weight is 295 g/mol. The molecule has 2 nitrogen and oxygen atoms in total. The van der Waals surface area contributed by atoms with Crippen LogP contribution in [0, 0.1) is 11.7 Å². The van der Waals surface area contributed by atoms with Gasteiger partial charge in [0.05, 0.1) is 5.52 Å². The summed E-state index contributed by atoms with van der Waals surface area (Å²) in [5, 5.41) is 0. The second kappa shape index (κ2) is 5.72. The maximum atomic E-state index is 14.0. The van der Waals surface area contributed by atoms with Gasteiger partial charge in [-0.1, -0.05) is 25.8 Å². The van der Waals surface area contributed by atoms with Crippen molar-refractivity contribution in [2.45, 2.75) is 45.1 Å². The monoisotopic (exact) mass is 294 g/mol. The summed E-state index contributed by atoms with van der Waals surface area (Å²) in [5.41, 5.74) is 1.40. The Hall–Kier alpha value is -1.09. The first-order valence-corrected chi connectivity index (χ1v) is 7.99. The van der Waals surface area contributed by atoms with Crippen molar-refractivity contribution in [3.63, 3.8) is 0 Å². The highest BCUT2D eigenvalue weighted by Crippen LogP contribution is 2.39. The van der Waals surface area contributed by atoms with Crippen LogP contribution in [0.4, 0.5) is 4.39 Å². The van der Waals surface area contributed by atoms with Gasteiger partial charge in [-0.15, -0.1) is 11.6 Å². The molecule has 1 aliphatic carbocycles. The van der Waals surface area contributed by atoms with Gasteiger partial charge in [0.25, 0.3) is 0 Å². The van der Waals surface area contributed by atoms with Gasteiger partial charge < -0.3 is 4.57 Å². The molecule has 2 aromatic rings. The topological polar surface area (TPSA) is 17.8 Å². The largest absolute Gasteiger partial charge is 0.325 e. The van der Waals surface area contributed by atoms with E-state index in [9.17, 15) is 4.39 Å². The minimum Gasteiger partial charge on any atom is -0.325 e. The summed E-state index contributed by atoms with van der Waals surface area (Å²) < 4.78 is 16.2. The van der Waals surface area contributed by atoms with Crippen molar-refractivity contribution in [2.75, 3.05) is 5.88 Å². The molecule has 1 heterocycles. The predicted molar refractivity (Wildman–Crippen MR) is 80.8 cm³/mol. The summed E-state index contributed by atoms with van der Waals surface area (Å²) in [6.45, 7) is 2.20. The molecule has 20 heavy (non-hydrogen) atoms. The zero-order valence-corrected chi connectivity index (χ0v) is 12.5. The first kappa shape index (κ1) is 13.9. The molecule has 1 aliphatic rings. The molecule has 0 saturated heterocycles. The Kier molecular flexibility index (Phi) is 3.97. The normalized spacial score (nSPS) is 16.8. The van der Waals surface area contributed by atoms with E-state index in [-0.39, 0.29) is 5.82 Å². The maximum absolute atomic E-state index is 14.0.